The van der Waals surface area contributed by atoms with Crippen LogP contribution >= 0.6 is 0 Å². The van der Waals surface area contributed by atoms with Crippen LogP contribution in [0.1, 0.15) is 18.4 Å². The van der Waals surface area contributed by atoms with Crippen molar-refractivity contribution in [1.82, 2.24) is 5.32 Å². The van der Waals surface area contributed by atoms with Crippen LogP contribution in [-0.2, 0) is 16.1 Å². The van der Waals surface area contributed by atoms with Gasteiger partial charge < -0.3 is 16.2 Å². The molecule has 4 N–H and O–H groups in total. The first-order valence-electron chi connectivity index (χ1n) is 5.48. The number of halogens is 1. The number of nitrogens with one attached hydrogen (secondary N) is 1. The van der Waals surface area contributed by atoms with Crippen molar-refractivity contribution in [2.75, 3.05) is 0 Å². The number of carbonyl (C=O) groups is 2. The Morgan fingerprint density at radius 3 is 2.61 bits per heavy atom. The Labute approximate surface area is 104 Å². The molecule has 18 heavy (non-hydrogen) atoms. The highest BCUT2D eigenvalue weighted by Gasteiger charge is 2.17. The molecule has 1 aromatic rings. The molecule has 0 heterocycles. The van der Waals surface area contributed by atoms with Gasteiger partial charge in [-0.25, -0.2) is 4.39 Å². The number of carbonyl (C=O) groups excluding carboxylic acids is 1. The molecule has 0 fully saturated rings. The van der Waals surface area contributed by atoms with Crippen LogP contribution in [0, 0.1) is 5.82 Å². The summed E-state index contributed by atoms with van der Waals surface area (Å²) in [5.41, 5.74) is 5.33. The zero-order chi connectivity index (χ0) is 13.5. The summed E-state index contributed by atoms with van der Waals surface area (Å²) in [6.07, 6.45) is 0.0559. The maximum Gasteiger partial charge on any atom is 0.320 e. The molecule has 0 bridgehead atoms. The van der Waals surface area contributed by atoms with E-state index in [9.17, 15) is 14.0 Å². The third kappa shape index (κ3) is 4.50. The number of primary amides is 1. The van der Waals surface area contributed by atoms with Gasteiger partial charge in [0.15, 0.2) is 0 Å². The SMILES string of the molecule is NC(=O)CC[C@H](NCc1ccccc1F)C(=O)O. The summed E-state index contributed by atoms with van der Waals surface area (Å²) in [6.45, 7) is 0.0857. The first-order valence-corrected chi connectivity index (χ1v) is 5.48. The van der Waals surface area contributed by atoms with E-state index in [-0.39, 0.29) is 19.4 Å². The van der Waals surface area contributed by atoms with E-state index < -0.39 is 23.7 Å². The van der Waals surface area contributed by atoms with Crippen molar-refractivity contribution in [3.8, 4) is 0 Å². The maximum absolute atomic E-state index is 13.3. The first kappa shape index (κ1) is 14.1. The number of nitrogens with two attached hydrogens (primary N) is 1. The van der Waals surface area contributed by atoms with Crippen LogP contribution in [0.3, 0.4) is 0 Å². The highest BCUT2D eigenvalue weighted by molar-refractivity contribution is 5.77. The van der Waals surface area contributed by atoms with Crippen molar-refractivity contribution in [2.45, 2.75) is 25.4 Å². The smallest absolute Gasteiger partial charge is 0.320 e. The van der Waals surface area contributed by atoms with Gasteiger partial charge >= 0.3 is 5.97 Å². The molecule has 0 radical (unpaired) electrons. The van der Waals surface area contributed by atoms with Gasteiger partial charge in [-0.2, -0.15) is 0 Å². The molecule has 0 aliphatic rings. The molecule has 1 rings (SSSR count). The van der Waals surface area contributed by atoms with E-state index in [1.807, 2.05) is 0 Å². The topological polar surface area (TPSA) is 92.4 Å². The molecule has 0 saturated heterocycles. The van der Waals surface area contributed by atoms with Gasteiger partial charge in [-0.1, -0.05) is 18.2 Å². The fraction of sp³-hybridized carbons (Fsp3) is 0.333. The second kappa shape index (κ2) is 6.70. The molecule has 0 spiro atoms. The van der Waals surface area contributed by atoms with Crippen LogP contribution in [0.5, 0.6) is 0 Å². The molecule has 0 saturated carbocycles. The summed E-state index contributed by atoms with van der Waals surface area (Å²) in [5, 5.41) is 11.6. The highest BCUT2D eigenvalue weighted by atomic mass is 19.1. The molecule has 1 atom stereocenters. The van der Waals surface area contributed by atoms with Gasteiger partial charge in [0.25, 0.3) is 0 Å². The summed E-state index contributed by atoms with van der Waals surface area (Å²) in [4.78, 5) is 21.5. The number of rotatable bonds is 7. The van der Waals surface area contributed by atoms with E-state index in [1.165, 1.54) is 6.07 Å². The summed E-state index contributed by atoms with van der Waals surface area (Å²) in [6, 6.07) is 5.17. The van der Waals surface area contributed by atoms with E-state index in [1.54, 1.807) is 18.2 Å². The van der Waals surface area contributed by atoms with E-state index in [0.717, 1.165) is 0 Å². The van der Waals surface area contributed by atoms with Gasteiger partial charge in [0.05, 0.1) is 0 Å². The van der Waals surface area contributed by atoms with Crippen LogP contribution < -0.4 is 11.1 Å². The van der Waals surface area contributed by atoms with Crippen LogP contribution in [0.4, 0.5) is 4.39 Å². The summed E-state index contributed by atoms with van der Waals surface area (Å²) in [5.74, 6) is -2.05. The lowest BCUT2D eigenvalue weighted by Gasteiger charge is -2.13. The van der Waals surface area contributed by atoms with Crippen molar-refractivity contribution < 1.29 is 19.1 Å². The average molecular weight is 254 g/mol. The van der Waals surface area contributed by atoms with Crippen LogP contribution in [0.2, 0.25) is 0 Å². The number of amides is 1. The van der Waals surface area contributed by atoms with Crippen LogP contribution in [0.15, 0.2) is 24.3 Å². The molecular formula is C12H15FN2O3. The maximum atomic E-state index is 13.3. The molecule has 5 nitrogen and oxygen atoms in total. The molecular weight excluding hydrogens is 239 g/mol. The molecule has 0 unspecified atom stereocenters. The lowest BCUT2D eigenvalue weighted by Crippen LogP contribution is -2.37. The van der Waals surface area contributed by atoms with Crippen LogP contribution in [0.25, 0.3) is 0 Å². The molecule has 1 aromatic carbocycles. The molecule has 6 heteroatoms. The minimum atomic E-state index is -1.09. The van der Waals surface area contributed by atoms with Crippen LogP contribution in [-0.4, -0.2) is 23.0 Å². The Morgan fingerprint density at radius 1 is 1.39 bits per heavy atom. The van der Waals surface area contributed by atoms with E-state index in [2.05, 4.69) is 5.32 Å². The molecule has 0 aromatic heterocycles. The Morgan fingerprint density at radius 2 is 2.06 bits per heavy atom. The minimum Gasteiger partial charge on any atom is -0.480 e. The van der Waals surface area contributed by atoms with Crippen molar-refractivity contribution >= 4 is 11.9 Å². The monoisotopic (exact) mass is 254 g/mol. The normalized spacial score (nSPS) is 12.1. The number of hydrogen-bond acceptors (Lipinski definition) is 3. The van der Waals surface area contributed by atoms with Gasteiger partial charge in [-0.15, -0.1) is 0 Å². The summed E-state index contributed by atoms with van der Waals surface area (Å²) in [7, 11) is 0. The van der Waals surface area contributed by atoms with Crippen molar-refractivity contribution in [2.24, 2.45) is 5.73 Å². The summed E-state index contributed by atoms with van der Waals surface area (Å²) >= 11 is 0. The third-order valence-electron chi connectivity index (χ3n) is 2.47. The third-order valence-corrected chi connectivity index (χ3v) is 2.47. The fourth-order valence-electron chi connectivity index (χ4n) is 1.47. The lowest BCUT2D eigenvalue weighted by atomic mass is 10.1. The van der Waals surface area contributed by atoms with E-state index in [0.29, 0.717) is 5.56 Å². The number of aliphatic carboxylic acids is 1. The number of carboxylic acid groups (broad SMARTS) is 1. The Kier molecular flexibility index (Phi) is 5.26. The molecule has 1 amide bonds. The second-order valence-electron chi connectivity index (χ2n) is 3.87. The zero-order valence-electron chi connectivity index (χ0n) is 9.73. The Hall–Kier alpha value is -1.95. The highest BCUT2D eigenvalue weighted by Crippen LogP contribution is 2.07. The molecule has 0 aliphatic carbocycles. The quantitative estimate of drug-likeness (QED) is 0.665. The first-order chi connectivity index (χ1) is 8.50. The number of carboxylic acids is 1. The zero-order valence-corrected chi connectivity index (χ0v) is 9.73. The van der Waals surface area contributed by atoms with Crippen molar-refractivity contribution in [3.63, 3.8) is 0 Å². The lowest BCUT2D eigenvalue weighted by molar-refractivity contribution is -0.139. The number of hydrogen-bond donors (Lipinski definition) is 3. The predicted octanol–water partition coefficient (Wildman–Crippen LogP) is 0.634. The molecule has 0 aliphatic heterocycles. The summed E-state index contributed by atoms with van der Waals surface area (Å²) < 4.78 is 13.3. The van der Waals surface area contributed by atoms with Crippen molar-refractivity contribution in [1.29, 1.82) is 0 Å². The van der Waals surface area contributed by atoms with Gasteiger partial charge in [-0.05, 0) is 12.5 Å². The second-order valence-corrected chi connectivity index (χ2v) is 3.87. The fourth-order valence-corrected chi connectivity index (χ4v) is 1.47. The number of benzene rings is 1. The Balaban J connectivity index is 2.55. The van der Waals surface area contributed by atoms with Gasteiger partial charge in [-0.3, -0.25) is 9.59 Å². The molecule has 98 valence electrons. The minimum absolute atomic E-state index is 0.0265. The largest absolute Gasteiger partial charge is 0.480 e. The Bertz CT molecular complexity index is 437. The van der Waals surface area contributed by atoms with E-state index >= 15 is 0 Å². The average Bonchev–Trinajstić information content (AvgIpc) is 2.30. The standard InChI is InChI=1S/C12H15FN2O3/c13-9-4-2-1-3-8(9)7-15-10(12(17)18)5-6-11(14)16/h1-4,10,15H,5-7H2,(H2,14,16)(H,17,18)/t10-/m0/s1. The predicted molar refractivity (Wildman–Crippen MR) is 63.1 cm³/mol. The van der Waals surface area contributed by atoms with Gasteiger partial charge in [0.1, 0.15) is 11.9 Å². The van der Waals surface area contributed by atoms with Gasteiger partial charge in [0.2, 0.25) is 5.91 Å². The van der Waals surface area contributed by atoms with E-state index in [4.69, 9.17) is 10.8 Å². The van der Waals surface area contributed by atoms with Crippen molar-refractivity contribution in [3.05, 3.63) is 35.6 Å². The van der Waals surface area contributed by atoms with Gasteiger partial charge in [0, 0.05) is 18.5 Å².